The third-order valence-corrected chi connectivity index (χ3v) is 4.64. The molecule has 0 unspecified atom stereocenters. The lowest BCUT2D eigenvalue weighted by Crippen LogP contribution is -2.27. The molecule has 4 aromatic rings. The molecular weight excluding hydrogens is 398 g/mol. The van der Waals surface area contributed by atoms with Crippen LogP contribution >= 0.6 is 0 Å². The van der Waals surface area contributed by atoms with Gasteiger partial charge in [-0.3, -0.25) is 4.98 Å². The third kappa shape index (κ3) is 4.30. The number of fused-ring (bicyclic) bond motifs is 1. The lowest BCUT2D eigenvalue weighted by atomic mass is 10.0. The summed E-state index contributed by atoms with van der Waals surface area (Å²) >= 11 is 0. The number of nitrogens with zero attached hydrogens (tertiary/aromatic N) is 3. The van der Waals surface area contributed by atoms with E-state index in [1.54, 1.807) is 24.5 Å². The number of anilines is 1. The van der Waals surface area contributed by atoms with Crippen LogP contribution < -0.4 is 10.1 Å². The van der Waals surface area contributed by atoms with Gasteiger partial charge < -0.3 is 10.1 Å². The van der Waals surface area contributed by atoms with Crippen LogP contribution in [-0.4, -0.2) is 27.6 Å². The lowest BCUT2D eigenvalue weighted by Gasteiger charge is -2.23. The third-order valence-electron chi connectivity index (χ3n) is 4.64. The first-order valence-electron chi connectivity index (χ1n) is 9.79. The Hall–Kier alpha value is -3.61. The molecule has 0 aliphatic rings. The molecule has 0 aliphatic carbocycles. The second-order valence-electron chi connectivity index (χ2n) is 8.21. The van der Waals surface area contributed by atoms with E-state index in [-0.39, 0.29) is 11.1 Å². The van der Waals surface area contributed by atoms with Gasteiger partial charge in [-0.15, -0.1) is 0 Å². The fraction of sp³-hybridized carbons (Fsp3) is 0.208. The van der Waals surface area contributed by atoms with Gasteiger partial charge in [0.2, 0.25) is 0 Å². The Morgan fingerprint density at radius 3 is 2.45 bits per heavy atom. The summed E-state index contributed by atoms with van der Waals surface area (Å²) in [4.78, 5) is 13.6. The van der Waals surface area contributed by atoms with E-state index in [9.17, 15) is 8.78 Å². The van der Waals surface area contributed by atoms with Crippen molar-refractivity contribution in [3.05, 3.63) is 66.5 Å². The van der Waals surface area contributed by atoms with Gasteiger partial charge in [-0.25, -0.2) is 18.7 Å². The van der Waals surface area contributed by atoms with Gasteiger partial charge in [-0.1, -0.05) is 0 Å². The van der Waals surface area contributed by atoms with Gasteiger partial charge in [0.1, 0.15) is 28.7 Å². The molecule has 2 heterocycles. The first kappa shape index (κ1) is 20.7. The normalized spacial score (nSPS) is 11.5. The van der Waals surface area contributed by atoms with Crippen molar-refractivity contribution < 1.29 is 13.5 Å². The van der Waals surface area contributed by atoms with E-state index in [0.29, 0.717) is 33.9 Å². The van der Waals surface area contributed by atoms with Crippen molar-refractivity contribution in [1.82, 2.24) is 15.0 Å². The maximum absolute atomic E-state index is 14.5. The molecule has 7 heteroatoms. The van der Waals surface area contributed by atoms with Crippen molar-refractivity contribution in [2.24, 2.45) is 0 Å². The smallest absolute Gasteiger partial charge is 0.163 e. The van der Waals surface area contributed by atoms with Crippen molar-refractivity contribution in [1.29, 1.82) is 0 Å². The summed E-state index contributed by atoms with van der Waals surface area (Å²) in [6.07, 6.45) is 3.37. The number of halogens is 2. The molecule has 0 aliphatic heterocycles. The molecule has 0 fully saturated rings. The number of benzene rings is 2. The maximum Gasteiger partial charge on any atom is 0.163 e. The molecule has 5 nitrogen and oxygen atoms in total. The minimum atomic E-state index is -0.527. The van der Waals surface area contributed by atoms with Crippen LogP contribution in [0.25, 0.3) is 33.4 Å². The minimum absolute atomic E-state index is 0.137. The fourth-order valence-electron chi connectivity index (χ4n) is 3.31. The first-order valence-corrected chi connectivity index (χ1v) is 9.79. The largest absolute Gasteiger partial charge is 0.494 e. The van der Waals surface area contributed by atoms with Gasteiger partial charge in [0.05, 0.1) is 7.11 Å². The Labute approximate surface area is 179 Å². The van der Waals surface area contributed by atoms with Crippen molar-refractivity contribution in [2.75, 3.05) is 12.4 Å². The zero-order chi connectivity index (χ0) is 22.2. The Kier molecular flexibility index (Phi) is 5.27. The van der Waals surface area contributed by atoms with Crippen LogP contribution in [0.3, 0.4) is 0 Å². The molecule has 0 amide bonds. The molecule has 4 rings (SSSR count). The van der Waals surface area contributed by atoms with Crippen LogP contribution in [0.4, 0.5) is 14.6 Å². The van der Waals surface area contributed by atoms with E-state index in [2.05, 4.69) is 10.3 Å². The number of ether oxygens (including phenoxy) is 1. The maximum atomic E-state index is 14.5. The van der Waals surface area contributed by atoms with Crippen LogP contribution in [0.1, 0.15) is 20.8 Å². The topological polar surface area (TPSA) is 59.9 Å². The van der Waals surface area contributed by atoms with Crippen molar-refractivity contribution in [2.45, 2.75) is 26.3 Å². The molecule has 31 heavy (non-hydrogen) atoms. The van der Waals surface area contributed by atoms with Crippen LogP contribution in [0.15, 0.2) is 54.9 Å². The van der Waals surface area contributed by atoms with Crippen LogP contribution in [0, 0.1) is 11.6 Å². The monoisotopic (exact) mass is 420 g/mol. The molecule has 0 bridgehead atoms. The standard InChI is InChI=1S/C24H22F2N4O/c1-24(2,3)30-23-18-10-15(17-12-16(25)7-8-19(17)26)11-20(31-4)21(18)28-22(29-23)14-6-5-9-27-13-14/h5-13H,1-4H3,(H,28,29,30). The highest BCUT2D eigenvalue weighted by Gasteiger charge is 2.20. The zero-order valence-electron chi connectivity index (χ0n) is 17.7. The molecule has 2 aromatic heterocycles. The second kappa shape index (κ2) is 7.91. The number of hydrogen-bond acceptors (Lipinski definition) is 5. The molecule has 0 saturated carbocycles. The molecular formula is C24H22F2N4O. The van der Waals surface area contributed by atoms with Gasteiger partial charge in [-0.05, 0) is 68.8 Å². The summed E-state index contributed by atoms with van der Waals surface area (Å²) in [5.74, 6) is 0.428. The zero-order valence-corrected chi connectivity index (χ0v) is 17.7. The number of methoxy groups -OCH3 is 1. The number of hydrogen-bond donors (Lipinski definition) is 1. The van der Waals surface area contributed by atoms with Crippen molar-refractivity contribution in [3.8, 4) is 28.3 Å². The molecule has 2 aromatic carbocycles. The van der Waals surface area contributed by atoms with Crippen molar-refractivity contribution in [3.63, 3.8) is 0 Å². The summed E-state index contributed by atoms with van der Waals surface area (Å²) in [5, 5.41) is 4.03. The van der Waals surface area contributed by atoms with Crippen LogP contribution in [-0.2, 0) is 0 Å². The fourth-order valence-corrected chi connectivity index (χ4v) is 3.31. The number of aromatic nitrogens is 3. The van der Waals surface area contributed by atoms with Crippen LogP contribution in [0.2, 0.25) is 0 Å². The lowest BCUT2D eigenvalue weighted by molar-refractivity contribution is 0.419. The summed E-state index contributed by atoms with van der Waals surface area (Å²) in [6, 6.07) is 10.4. The highest BCUT2D eigenvalue weighted by molar-refractivity contribution is 5.98. The highest BCUT2D eigenvalue weighted by atomic mass is 19.1. The Morgan fingerprint density at radius 2 is 1.77 bits per heavy atom. The van der Waals surface area contributed by atoms with Gasteiger partial charge >= 0.3 is 0 Å². The predicted molar refractivity (Wildman–Crippen MR) is 118 cm³/mol. The average Bonchev–Trinajstić information content (AvgIpc) is 2.74. The molecule has 0 spiro atoms. The van der Waals surface area contributed by atoms with Gasteiger partial charge in [0, 0.05) is 34.4 Å². The Bertz CT molecular complexity index is 1250. The molecule has 158 valence electrons. The van der Waals surface area contributed by atoms with E-state index in [1.165, 1.54) is 7.11 Å². The van der Waals surface area contributed by atoms with Gasteiger partial charge in [0.25, 0.3) is 0 Å². The van der Waals surface area contributed by atoms with Crippen LogP contribution in [0.5, 0.6) is 5.75 Å². The number of pyridine rings is 1. The molecule has 1 N–H and O–H groups in total. The summed E-state index contributed by atoms with van der Waals surface area (Å²) in [6.45, 7) is 6.04. The Balaban J connectivity index is 2.02. The minimum Gasteiger partial charge on any atom is -0.494 e. The number of nitrogens with one attached hydrogen (secondary N) is 1. The molecule has 0 atom stereocenters. The first-order chi connectivity index (χ1) is 14.7. The van der Waals surface area contributed by atoms with E-state index < -0.39 is 11.6 Å². The SMILES string of the molecule is COc1cc(-c2cc(F)ccc2F)cc2c(NC(C)(C)C)nc(-c3cccnc3)nc12. The summed E-state index contributed by atoms with van der Waals surface area (Å²) in [5.41, 5.74) is 1.61. The Morgan fingerprint density at radius 1 is 0.968 bits per heavy atom. The van der Waals surface area contributed by atoms with Crippen molar-refractivity contribution >= 4 is 16.7 Å². The quantitative estimate of drug-likeness (QED) is 0.448. The molecule has 0 radical (unpaired) electrons. The van der Waals surface area contributed by atoms with Gasteiger partial charge in [-0.2, -0.15) is 0 Å². The summed E-state index contributed by atoms with van der Waals surface area (Å²) < 4.78 is 33.9. The van der Waals surface area contributed by atoms with E-state index in [0.717, 1.165) is 23.8 Å². The van der Waals surface area contributed by atoms with E-state index in [1.807, 2.05) is 32.9 Å². The highest BCUT2D eigenvalue weighted by Crippen LogP contribution is 2.37. The average molecular weight is 420 g/mol. The van der Waals surface area contributed by atoms with E-state index >= 15 is 0 Å². The summed E-state index contributed by atoms with van der Waals surface area (Å²) in [7, 11) is 1.52. The van der Waals surface area contributed by atoms with E-state index in [4.69, 9.17) is 14.7 Å². The predicted octanol–water partition coefficient (Wildman–Crippen LogP) is 5.86. The van der Waals surface area contributed by atoms with Gasteiger partial charge in [0.15, 0.2) is 5.82 Å². The number of rotatable bonds is 4. The second-order valence-corrected chi connectivity index (χ2v) is 8.21. The molecule has 0 saturated heterocycles.